The molecular formula is C10H26ClNO4Si. The maximum Gasteiger partial charge on any atom is 0.505 e. The number of nitrogens with zero attached hydrogens (tertiary/aromatic N) is 1. The summed E-state index contributed by atoms with van der Waals surface area (Å²) in [6.07, 6.45) is 0.814. The van der Waals surface area contributed by atoms with E-state index in [9.17, 15) is 0 Å². The van der Waals surface area contributed by atoms with Crippen molar-refractivity contribution in [3.8, 4) is 0 Å². The molecule has 1 N–H and O–H groups in total. The van der Waals surface area contributed by atoms with Crippen molar-refractivity contribution in [2.45, 2.75) is 12.5 Å². The zero-order valence-corrected chi connectivity index (χ0v) is 13.3. The molecule has 7 heteroatoms. The molecule has 0 aliphatic heterocycles. The van der Waals surface area contributed by atoms with Gasteiger partial charge in [0.25, 0.3) is 0 Å². The first-order valence-electron chi connectivity index (χ1n) is 5.53. The predicted molar refractivity (Wildman–Crippen MR) is 65.1 cm³/mol. The van der Waals surface area contributed by atoms with Crippen molar-refractivity contribution in [1.82, 2.24) is 0 Å². The number of hydrogen-bond donors (Lipinski definition) is 1. The van der Waals surface area contributed by atoms with Gasteiger partial charge < -0.3 is 35.3 Å². The Kier molecular flexibility index (Phi) is 10.7. The summed E-state index contributed by atoms with van der Waals surface area (Å²) in [5, 5.41) is 8.82. The molecule has 0 rings (SSSR count). The van der Waals surface area contributed by atoms with E-state index in [1.165, 1.54) is 0 Å². The van der Waals surface area contributed by atoms with Gasteiger partial charge in [-0.3, -0.25) is 0 Å². The van der Waals surface area contributed by atoms with Gasteiger partial charge in [0, 0.05) is 34.4 Å². The Morgan fingerprint density at radius 3 is 1.82 bits per heavy atom. The van der Waals surface area contributed by atoms with Crippen LogP contribution in [-0.2, 0) is 13.3 Å². The smallest absolute Gasteiger partial charge is 0.505 e. The van der Waals surface area contributed by atoms with E-state index in [1.54, 1.807) is 21.3 Å². The zero-order chi connectivity index (χ0) is 12.7. The van der Waals surface area contributed by atoms with Gasteiger partial charge in [0.15, 0.2) is 0 Å². The quantitative estimate of drug-likeness (QED) is 0.371. The van der Waals surface area contributed by atoms with E-state index in [1.807, 2.05) is 0 Å². The molecule has 0 aromatic heterocycles. The Bertz CT molecular complexity index is 183. The summed E-state index contributed by atoms with van der Waals surface area (Å²) in [7, 11) is 6.72. The van der Waals surface area contributed by atoms with E-state index in [-0.39, 0.29) is 19.0 Å². The molecule has 0 amide bonds. The highest BCUT2D eigenvalue weighted by Gasteiger charge is 2.39. The average Bonchev–Trinajstić information content (AvgIpc) is 2.29. The number of halogens is 1. The Morgan fingerprint density at radius 2 is 1.47 bits per heavy atom. The van der Waals surface area contributed by atoms with Gasteiger partial charge in [-0.1, -0.05) is 0 Å². The number of hydrogen-bond acceptors (Lipinski definition) is 4. The minimum Gasteiger partial charge on any atom is -1.00 e. The van der Waals surface area contributed by atoms with E-state index in [0.717, 1.165) is 30.0 Å². The summed E-state index contributed by atoms with van der Waals surface area (Å²) < 4.78 is 17.0. The maximum atomic E-state index is 8.82. The van der Waals surface area contributed by atoms with Crippen LogP contribution in [0.25, 0.3) is 0 Å². The summed E-state index contributed by atoms with van der Waals surface area (Å²) in [4.78, 5) is 0. The van der Waals surface area contributed by atoms with E-state index < -0.39 is 8.80 Å². The normalized spacial score (nSPS) is 12.4. The molecule has 0 aromatic rings. The van der Waals surface area contributed by atoms with Crippen LogP contribution in [0.4, 0.5) is 0 Å². The van der Waals surface area contributed by atoms with Gasteiger partial charge in [0.1, 0.15) is 0 Å². The first-order valence-corrected chi connectivity index (χ1v) is 7.47. The maximum absolute atomic E-state index is 8.82. The van der Waals surface area contributed by atoms with Crippen molar-refractivity contribution in [3.63, 3.8) is 0 Å². The Balaban J connectivity index is 0. The third-order valence-electron chi connectivity index (χ3n) is 2.88. The lowest BCUT2D eigenvalue weighted by atomic mass is 10.3. The van der Waals surface area contributed by atoms with Crippen LogP contribution >= 0.6 is 0 Å². The molecule has 0 saturated heterocycles. The largest absolute Gasteiger partial charge is 1.00 e. The van der Waals surface area contributed by atoms with E-state index >= 15 is 0 Å². The highest BCUT2D eigenvalue weighted by molar-refractivity contribution is 6.60. The molecule has 0 aliphatic carbocycles. The van der Waals surface area contributed by atoms with Gasteiger partial charge in [-0.15, -0.1) is 0 Å². The lowest BCUT2D eigenvalue weighted by Crippen LogP contribution is -3.00. The number of aliphatic hydroxyl groups is 1. The fourth-order valence-electron chi connectivity index (χ4n) is 1.61. The van der Waals surface area contributed by atoms with Crippen LogP contribution in [-0.4, -0.2) is 73.5 Å². The lowest BCUT2D eigenvalue weighted by molar-refractivity contribution is -0.888. The fourth-order valence-corrected chi connectivity index (χ4v) is 3.60. The Hall–Kier alpha value is 0.307. The molecule has 106 valence electrons. The molecule has 5 nitrogen and oxygen atoms in total. The van der Waals surface area contributed by atoms with Gasteiger partial charge in [0.05, 0.1) is 33.2 Å². The number of aliphatic hydroxyl groups excluding tert-OH is 1. The molecule has 0 radical (unpaired) electrons. The minimum absolute atomic E-state index is 0. The molecule has 17 heavy (non-hydrogen) atoms. The van der Waals surface area contributed by atoms with Crippen molar-refractivity contribution >= 4 is 8.80 Å². The van der Waals surface area contributed by atoms with Crippen LogP contribution in [0.5, 0.6) is 0 Å². The Labute approximate surface area is 112 Å². The second kappa shape index (κ2) is 9.27. The van der Waals surface area contributed by atoms with Gasteiger partial charge in [-0.05, 0) is 0 Å². The zero-order valence-electron chi connectivity index (χ0n) is 11.5. The van der Waals surface area contributed by atoms with Gasteiger partial charge >= 0.3 is 8.80 Å². The second-order valence-electron chi connectivity index (χ2n) is 4.51. The third kappa shape index (κ3) is 7.35. The van der Waals surface area contributed by atoms with Crippen molar-refractivity contribution in [2.24, 2.45) is 0 Å². The summed E-state index contributed by atoms with van der Waals surface area (Å²) in [6, 6.07) is 0.787. The first kappa shape index (κ1) is 19.6. The highest BCUT2D eigenvalue weighted by Crippen LogP contribution is 2.15. The monoisotopic (exact) mass is 287 g/mol. The molecule has 0 saturated carbocycles. The predicted octanol–water partition coefficient (Wildman–Crippen LogP) is -2.67. The van der Waals surface area contributed by atoms with E-state index in [0.29, 0.717) is 0 Å². The third-order valence-corrected chi connectivity index (χ3v) is 5.58. The van der Waals surface area contributed by atoms with Crippen molar-refractivity contribution in [1.29, 1.82) is 0 Å². The SMILES string of the molecule is CO[Si](CC[N+](C)(C)CCCO)(OC)OC.[Cl-]. The Morgan fingerprint density at radius 1 is 1.00 bits per heavy atom. The van der Waals surface area contributed by atoms with E-state index in [2.05, 4.69) is 14.1 Å². The van der Waals surface area contributed by atoms with Crippen LogP contribution < -0.4 is 12.4 Å². The van der Waals surface area contributed by atoms with Crippen LogP contribution in [0.3, 0.4) is 0 Å². The van der Waals surface area contributed by atoms with Crippen molar-refractivity contribution in [2.75, 3.05) is 55.1 Å². The number of rotatable bonds is 9. The van der Waals surface area contributed by atoms with Gasteiger partial charge in [0.2, 0.25) is 0 Å². The van der Waals surface area contributed by atoms with Crippen molar-refractivity contribution < 1.29 is 35.3 Å². The van der Waals surface area contributed by atoms with Crippen LogP contribution in [0, 0.1) is 0 Å². The standard InChI is InChI=1S/C10H26NO4Si.ClH/c1-11(2,7-6-9-12)8-10-16(13-3,14-4)15-5;/h12H,6-10H2,1-5H3;1H/q+1;/p-1. The summed E-state index contributed by atoms with van der Waals surface area (Å²) in [5.41, 5.74) is 0. The van der Waals surface area contributed by atoms with Crippen molar-refractivity contribution in [3.05, 3.63) is 0 Å². The minimum atomic E-state index is -2.44. The molecule has 0 bridgehead atoms. The fraction of sp³-hybridized carbons (Fsp3) is 1.00. The average molecular weight is 288 g/mol. The molecule has 0 fully saturated rings. The summed E-state index contributed by atoms with van der Waals surface area (Å²) in [6.45, 7) is 2.10. The van der Waals surface area contributed by atoms with Crippen LogP contribution in [0.15, 0.2) is 0 Å². The summed E-state index contributed by atoms with van der Waals surface area (Å²) >= 11 is 0. The molecule has 0 aromatic carbocycles. The molecule has 0 atom stereocenters. The van der Waals surface area contributed by atoms with Crippen LogP contribution in [0.1, 0.15) is 6.42 Å². The molecule has 0 heterocycles. The van der Waals surface area contributed by atoms with Crippen LogP contribution in [0.2, 0.25) is 6.04 Å². The molecule has 0 spiro atoms. The highest BCUT2D eigenvalue weighted by atomic mass is 35.5. The first-order chi connectivity index (χ1) is 7.45. The van der Waals surface area contributed by atoms with Gasteiger partial charge in [-0.25, -0.2) is 0 Å². The van der Waals surface area contributed by atoms with Gasteiger partial charge in [-0.2, -0.15) is 0 Å². The van der Waals surface area contributed by atoms with E-state index in [4.69, 9.17) is 18.4 Å². The summed E-state index contributed by atoms with van der Waals surface area (Å²) in [5.74, 6) is 0. The molecule has 0 aliphatic rings. The lowest BCUT2D eigenvalue weighted by Gasteiger charge is -2.33. The topological polar surface area (TPSA) is 47.9 Å². The molecular weight excluding hydrogens is 262 g/mol. The number of quaternary nitrogens is 1. The molecule has 0 unspecified atom stereocenters. The second-order valence-corrected chi connectivity index (χ2v) is 7.60.